The second kappa shape index (κ2) is 10.5. The lowest BCUT2D eigenvalue weighted by molar-refractivity contribution is 0.215. The highest BCUT2D eigenvalue weighted by molar-refractivity contribution is 6.25. The molecular formula is C35H30N6. The van der Waals surface area contributed by atoms with Gasteiger partial charge in [-0.2, -0.15) is 10.1 Å². The summed E-state index contributed by atoms with van der Waals surface area (Å²) < 4.78 is 0. The molecule has 200 valence electrons. The Bertz CT molecular complexity index is 1900. The maximum Gasteiger partial charge on any atom is 0.178 e. The molecule has 7 rings (SSSR count). The number of fused-ring (bicyclic) bond motifs is 7. The zero-order valence-electron chi connectivity index (χ0n) is 22.7. The molecule has 0 amide bonds. The number of rotatable bonds is 6. The van der Waals surface area contributed by atoms with Gasteiger partial charge in [0.25, 0.3) is 0 Å². The quantitative estimate of drug-likeness (QED) is 0.0629. The van der Waals surface area contributed by atoms with Crippen molar-refractivity contribution in [2.75, 3.05) is 13.1 Å². The minimum absolute atomic E-state index is 0.00564. The molecule has 41 heavy (non-hydrogen) atoms. The van der Waals surface area contributed by atoms with Gasteiger partial charge in [0.05, 0.1) is 6.54 Å². The molecule has 0 saturated heterocycles. The second-order valence-electron chi connectivity index (χ2n) is 10.3. The molecule has 5 aromatic rings. The first-order valence-corrected chi connectivity index (χ1v) is 13.9. The number of hydrogen-bond donors (Lipinski definition) is 2. The summed E-state index contributed by atoms with van der Waals surface area (Å²) in [6, 6.07) is 30.5. The van der Waals surface area contributed by atoms with Crippen LogP contribution < -0.4 is 10.9 Å². The molecule has 5 aromatic carbocycles. The SMILES string of the molecule is C=CCN/N=C(\N=C)c1cc(C2=NC3C=CCCN3N2)cc(-c2ccc3c4ccccc4c4ccccc4c3c2)c1. The average molecular weight is 535 g/mol. The largest absolute Gasteiger partial charge is 0.304 e. The maximum atomic E-state index is 4.97. The fraction of sp³-hybridized carbons (Fsp3) is 0.114. The molecule has 0 saturated carbocycles. The van der Waals surface area contributed by atoms with E-state index in [0.717, 1.165) is 41.1 Å². The van der Waals surface area contributed by atoms with Crippen molar-refractivity contribution in [1.29, 1.82) is 0 Å². The van der Waals surface area contributed by atoms with Crippen molar-refractivity contribution in [3.05, 3.63) is 121 Å². The molecule has 0 fully saturated rings. The predicted molar refractivity (Wildman–Crippen MR) is 173 cm³/mol. The smallest absolute Gasteiger partial charge is 0.178 e. The van der Waals surface area contributed by atoms with Crippen molar-refractivity contribution < 1.29 is 0 Å². The van der Waals surface area contributed by atoms with Gasteiger partial charge in [0.2, 0.25) is 0 Å². The number of benzene rings is 5. The topological polar surface area (TPSA) is 64.4 Å². The van der Waals surface area contributed by atoms with Gasteiger partial charge in [-0.25, -0.2) is 9.98 Å². The Morgan fingerprint density at radius 2 is 1.56 bits per heavy atom. The molecule has 0 aliphatic carbocycles. The highest BCUT2D eigenvalue weighted by Crippen LogP contribution is 2.37. The Morgan fingerprint density at radius 1 is 0.878 bits per heavy atom. The molecule has 2 heterocycles. The van der Waals surface area contributed by atoms with E-state index in [1.807, 2.05) is 0 Å². The average Bonchev–Trinajstić information content (AvgIpc) is 3.48. The first-order valence-electron chi connectivity index (χ1n) is 13.9. The van der Waals surface area contributed by atoms with Crippen LogP contribution in [-0.4, -0.2) is 42.7 Å². The van der Waals surface area contributed by atoms with Crippen LogP contribution >= 0.6 is 0 Å². The van der Waals surface area contributed by atoms with E-state index in [1.165, 1.54) is 32.3 Å². The van der Waals surface area contributed by atoms with Gasteiger partial charge in [0.1, 0.15) is 12.0 Å². The van der Waals surface area contributed by atoms with Crippen LogP contribution in [0.25, 0.3) is 43.4 Å². The van der Waals surface area contributed by atoms with Crippen LogP contribution in [0.4, 0.5) is 0 Å². The van der Waals surface area contributed by atoms with Gasteiger partial charge in [-0.15, -0.1) is 6.58 Å². The zero-order valence-corrected chi connectivity index (χ0v) is 22.7. The van der Waals surface area contributed by atoms with Gasteiger partial charge < -0.3 is 10.9 Å². The number of hydrazone groups is 1. The van der Waals surface area contributed by atoms with Crippen LogP contribution in [0.5, 0.6) is 0 Å². The molecule has 2 aliphatic rings. The number of hydrazine groups is 1. The van der Waals surface area contributed by atoms with E-state index < -0.39 is 0 Å². The Morgan fingerprint density at radius 3 is 2.24 bits per heavy atom. The number of nitrogens with one attached hydrogen (secondary N) is 2. The fourth-order valence-electron chi connectivity index (χ4n) is 5.86. The van der Waals surface area contributed by atoms with E-state index in [4.69, 9.17) is 4.99 Å². The third-order valence-electron chi connectivity index (χ3n) is 7.79. The zero-order chi connectivity index (χ0) is 27.8. The van der Waals surface area contributed by atoms with Crippen molar-refractivity contribution in [2.24, 2.45) is 15.1 Å². The summed E-state index contributed by atoms with van der Waals surface area (Å²) in [6.07, 6.45) is 7.10. The molecule has 2 N–H and O–H groups in total. The van der Waals surface area contributed by atoms with E-state index in [9.17, 15) is 0 Å². The van der Waals surface area contributed by atoms with Gasteiger partial charge in [0.15, 0.2) is 5.84 Å². The minimum Gasteiger partial charge on any atom is -0.304 e. The van der Waals surface area contributed by atoms with Gasteiger partial charge >= 0.3 is 0 Å². The molecule has 0 bridgehead atoms. The molecule has 1 atom stereocenters. The van der Waals surface area contributed by atoms with Gasteiger partial charge in [-0.1, -0.05) is 72.8 Å². The molecule has 0 radical (unpaired) electrons. The monoisotopic (exact) mass is 534 g/mol. The third-order valence-corrected chi connectivity index (χ3v) is 7.79. The number of hydrogen-bond acceptors (Lipinski definition) is 5. The van der Waals surface area contributed by atoms with E-state index in [2.05, 4.69) is 136 Å². The maximum absolute atomic E-state index is 4.97. The third kappa shape index (κ3) is 4.48. The second-order valence-corrected chi connectivity index (χ2v) is 10.3. The minimum atomic E-state index is 0.00564. The normalized spacial score (nSPS) is 16.9. The van der Waals surface area contributed by atoms with Gasteiger partial charge in [0, 0.05) is 17.7 Å². The van der Waals surface area contributed by atoms with Crippen molar-refractivity contribution in [3.8, 4) is 11.1 Å². The predicted octanol–water partition coefficient (Wildman–Crippen LogP) is 6.80. The van der Waals surface area contributed by atoms with Crippen LogP contribution in [0.3, 0.4) is 0 Å². The summed E-state index contributed by atoms with van der Waals surface area (Å²) in [4.78, 5) is 9.22. The van der Waals surface area contributed by atoms with E-state index in [1.54, 1.807) is 6.08 Å². The molecule has 6 heteroatoms. The van der Waals surface area contributed by atoms with Crippen molar-refractivity contribution in [2.45, 2.75) is 12.6 Å². The molecule has 6 nitrogen and oxygen atoms in total. The molecular weight excluding hydrogens is 504 g/mol. The lowest BCUT2D eigenvalue weighted by Crippen LogP contribution is -2.42. The standard InChI is InChI=1S/C35H30N6/c1-3-17-37-39-34(36-2)25-19-24(20-26(21-25)35-38-33-14-8-9-18-41(33)40-35)23-15-16-31-29-12-5-4-10-27(29)28-11-6-7-13-30(28)32(31)22-23/h3-8,10-16,19-22,33,37H,1-2,9,17-18H2,(H,38,40)/b39-34-. The Labute approximate surface area is 239 Å². The molecule has 2 aliphatic heterocycles. The summed E-state index contributed by atoms with van der Waals surface area (Å²) in [6.45, 7) is 9.02. The Hall–Kier alpha value is -5.07. The lowest BCUT2D eigenvalue weighted by Gasteiger charge is -2.23. The van der Waals surface area contributed by atoms with Crippen molar-refractivity contribution in [3.63, 3.8) is 0 Å². The Kier molecular flexibility index (Phi) is 6.38. The lowest BCUT2D eigenvalue weighted by atomic mass is 9.91. The molecule has 1 unspecified atom stereocenters. The summed E-state index contributed by atoms with van der Waals surface area (Å²) in [5, 5.41) is 14.2. The fourth-order valence-corrected chi connectivity index (χ4v) is 5.86. The van der Waals surface area contributed by atoms with E-state index in [0.29, 0.717) is 12.4 Å². The van der Waals surface area contributed by atoms with Crippen LogP contribution in [0.1, 0.15) is 17.5 Å². The first kappa shape index (κ1) is 24.9. The van der Waals surface area contributed by atoms with E-state index in [-0.39, 0.29) is 6.17 Å². The van der Waals surface area contributed by atoms with Gasteiger partial charge in [-0.3, -0.25) is 0 Å². The number of nitrogens with zero attached hydrogens (tertiary/aromatic N) is 4. The number of aliphatic imine (C=N–C) groups is 2. The first-order chi connectivity index (χ1) is 20.2. The highest BCUT2D eigenvalue weighted by atomic mass is 15.6. The number of amidine groups is 2. The van der Waals surface area contributed by atoms with Crippen LogP contribution in [-0.2, 0) is 0 Å². The summed E-state index contributed by atoms with van der Waals surface area (Å²) in [5.41, 5.74) is 10.5. The van der Waals surface area contributed by atoms with Gasteiger partial charge in [-0.05, 0) is 86.9 Å². The Balaban J connectivity index is 1.42. The van der Waals surface area contributed by atoms with Crippen LogP contribution in [0.2, 0.25) is 0 Å². The van der Waals surface area contributed by atoms with Crippen molar-refractivity contribution >= 4 is 50.7 Å². The molecule has 0 aromatic heterocycles. The van der Waals surface area contributed by atoms with Crippen molar-refractivity contribution in [1.82, 2.24) is 15.9 Å². The van der Waals surface area contributed by atoms with E-state index >= 15 is 0 Å². The summed E-state index contributed by atoms with van der Waals surface area (Å²) in [7, 11) is 0. The highest BCUT2D eigenvalue weighted by Gasteiger charge is 2.27. The summed E-state index contributed by atoms with van der Waals surface area (Å²) in [5.74, 6) is 1.35. The summed E-state index contributed by atoms with van der Waals surface area (Å²) >= 11 is 0. The van der Waals surface area contributed by atoms with Crippen LogP contribution in [0.15, 0.2) is 125 Å². The van der Waals surface area contributed by atoms with Crippen LogP contribution in [0, 0.1) is 0 Å². The molecule has 0 spiro atoms.